The fraction of sp³-hybridized carbons (Fsp3) is 0.538. The van der Waals surface area contributed by atoms with Crippen LogP contribution in [0.1, 0.15) is 19.8 Å². The number of rotatable bonds is 4. The van der Waals surface area contributed by atoms with Gasteiger partial charge in [0.2, 0.25) is 11.8 Å². The first-order valence-corrected chi connectivity index (χ1v) is 6.61. The highest BCUT2D eigenvalue weighted by atomic mass is 16.5. The van der Waals surface area contributed by atoms with Gasteiger partial charge in [-0.3, -0.25) is 4.79 Å². The Hall–Kier alpha value is -1.98. The van der Waals surface area contributed by atoms with E-state index in [0.29, 0.717) is 31.3 Å². The first-order chi connectivity index (χ1) is 9.20. The number of anilines is 2. The topological polar surface area (TPSA) is 80.5 Å². The van der Waals surface area contributed by atoms with Crippen molar-refractivity contribution in [3.05, 3.63) is 12.1 Å². The quantitative estimate of drug-likeness (QED) is 0.840. The highest BCUT2D eigenvalue weighted by Crippen LogP contribution is 2.23. The van der Waals surface area contributed by atoms with Crippen molar-refractivity contribution in [2.45, 2.75) is 19.8 Å². The van der Waals surface area contributed by atoms with Crippen molar-refractivity contribution < 1.29 is 9.53 Å². The maximum Gasteiger partial charge on any atom is 0.239 e. The van der Waals surface area contributed by atoms with E-state index in [1.165, 1.54) is 0 Å². The van der Waals surface area contributed by atoms with Crippen molar-refractivity contribution in [1.29, 1.82) is 0 Å². The van der Waals surface area contributed by atoms with Crippen molar-refractivity contribution in [2.75, 3.05) is 36.9 Å². The Morgan fingerprint density at radius 1 is 1.53 bits per heavy atom. The molecule has 1 saturated heterocycles. The minimum Gasteiger partial charge on any atom is -0.476 e. The number of nitrogens with two attached hydrogens (primary N) is 1. The van der Waals surface area contributed by atoms with Crippen LogP contribution in [0.5, 0.6) is 5.88 Å². The van der Waals surface area contributed by atoms with Gasteiger partial charge < -0.3 is 20.7 Å². The summed E-state index contributed by atoms with van der Waals surface area (Å²) in [6.45, 7) is 4.44. The minimum atomic E-state index is 0.0205. The smallest absolute Gasteiger partial charge is 0.239 e. The summed E-state index contributed by atoms with van der Waals surface area (Å²) in [4.78, 5) is 17.9. The van der Waals surface area contributed by atoms with Gasteiger partial charge in [0, 0.05) is 13.1 Å². The monoisotopic (exact) mass is 264 g/mol. The molecule has 1 amide bonds. The molecule has 104 valence electrons. The van der Waals surface area contributed by atoms with Crippen LogP contribution in [-0.4, -0.2) is 37.1 Å². The summed E-state index contributed by atoms with van der Waals surface area (Å²) < 4.78 is 5.51. The van der Waals surface area contributed by atoms with E-state index in [1.807, 2.05) is 17.9 Å². The van der Waals surface area contributed by atoms with Crippen molar-refractivity contribution in [3.8, 4) is 5.88 Å². The Morgan fingerprint density at radius 2 is 2.37 bits per heavy atom. The molecule has 0 aliphatic carbocycles. The maximum atomic E-state index is 11.6. The molecular formula is C13H20N4O2. The number of hydrogen-bond acceptors (Lipinski definition) is 5. The van der Waals surface area contributed by atoms with Gasteiger partial charge in [0.05, 0.1) is 18.8 Å². The van der Waals surface area contributed by atoms with E-state index in [-0.39, 0.29) is 5.91 Å². The van der Waals surface area contributed by atoms with Crippen LogP contribution >= 0.6 is 0 Å². The molecule has 6 heteroatoms. The zero-order valence-corrected chi connectivity index (χ0v) is 11.2. The van der Waals surface area contributed by atoms with Crippen LogP contribution in [0.4, 0.5) is 11.5 Å². The first kappa shape index (κ1) is 13.5. The SMILES string of the molecule is CCCOc1nc(N2CCCNC(=O)C2)ccc1N. The molecule has 19 heavy (non-hydrogen) atoms. The molecule has 1 aliphatic heterocycles. The number of nitrogen functional groups attached to an aromatic ring is 1. The van der Waals surface area contributed by atoms with Crippen LogP contribution in [0.25, 0.3) is 0 Å². The summed E-state index contributed by atoms with van der Waals surface area (Å²) in [6, 6.07) is 3.60. The number of amides is 1. The van der Waals surface area contributed by atoms with E-state index in [9.17, 15) is 4.79 Å². The number of nitrogens with zero attached hydrogens (tertiary/aromatic N) is 2. The van der Waals surface area contributed by atoms with E-state index in [0.717, 1.165) is 25.2 Å². The van der Waals surface area contributed by atoms with Gasteiger partial charge in [0.1, 0.15) is 5.82 Å². The third-order valence-electron chi connectivity index (χ3n) is 2.90. The summed E-state index contributed by atoms with van der Waals surface area (Å²) in [6.07, 6.45) is 1.81. The van der Waals surface area contributed by atoms with Crippen molar-refractivity contribution in [2.24, 2.45) is 0 Å². The summed E-state index contributed by atoms with van der Waals surface area (Å²) in [5, 5.41) is 2.84. The van der Waals surface area contributed by atoms with Gasteiger partial charge in [-0.25, -0.2) is 0 Å². The second kappa shape index (κ2) is 6.26. The maximum absolute atomic E-state index is 11.6. The minimum absolute atomic E-state index is 0.0205. The Morgan fingerprint density at radius 3 is 3.16 bits per heavy atom. The number of nitrogens with one attached hydrogen (secondary N) is 1. The lowest BCUT2D eigenvalue weighted by atomic mass is 10.3. The number of carbonyl (C=O) groups is 1. The van der Waals surface area contributed by atoms with Crippen LogP contribution in [-0.2, 0) is 4.79 Å². The standard InChI is InChI=1S/C13H20N4O2/c1-2-8-19-13-10(14)4-5-11(16-13)17-7-3-6-15-12(18)9-17/h4-5H,2-3,6-9,14H2,1H3,(H,15,18). The normalized spacial score (nSPS) is 15.8. The van der Waals surface area contributed by atoms with Gasteiger partial charge in [-0.15, -0.1) is 0 Å². The average Bonchev–Trinajstić information content (AvgIpc) is 2.62. The molecule has 0 aromatic carbocycles. The Labute approximate surface area is 112 Å². The van der Waals surface area contributed by atoms with E-state index < -0.39 is 0 Å². The van der Waals surface area contributed by atoms with Crippen molar-refractivity contribution in [1.82, 2.24) is 10.3 Å². The lowest BCUT2D eigenvalue weighted by molar-refractivity contribution is -0.119. The van der Waals surface area contributed by atoms with Gasteiger partial charge in [-0.2, -0.15) is 4.98 Å². The van der Waals surface area contributed by atoms with Gasteiger partial charge in [0.25, 0.3) is 0 Å². The Balaban J connectivity index is 2.16. The predicted octanol–water partition coefficient (Wildman–Crippen LogP) is 0.779. The van der Waals surface area contributed by atoms with Crippen LogP contribution in [0.15, 0.2) is 12.1 Å². The molecule has 1 aromatic heterocycles. The molecule has 2 heterocycles. The molecule has 2 rings (SSSR count). The number of carbonyl (C=O) groups excluding carboxylic acids is 1. The second-order valence-corrected chi connectivity index (χ2v) is 4.54. The van der Waals surface area contributed by atoms with Gasteiger partial charge in [-0.1, -0.05) is 6.92 Å². The number of pyridine rings is 1. The summed E-state index contributed by atoms with van der Waals surface area (Å²) in [5.41, 5.74) is 6.36. The molecular weight excluding hydrogens is 244 g/mol. The fourth-order valence-corrected chi connectivity index (χ4v) is 1.93. The Kier molecular flexibility index (Phi) is 4.43. The van der Waals surface area contributed by atoms with Crippen LogP contribution in [0.3, 0.4) is 0 Å². The molecule has 1 fully saturated rings. The molecule has 0 radical (unpaired) electrons. The molecule has 0 unspecified atom stereocenters. The van der Waals surface area contributed by atoms with E-state index in [2.05, 4.69) is 10.3 Å². The molecule has 3 N–H and O–H groups in total. The van der Waals surface area contributed by atoms with Crippen LogP contribution < -0.4 is 20.7 Å². The van der Waals surface area contributed by atoms with E-state index in [4.69, 9.17) is 10.5 Å². The molecule has 1 aliphatic rings. The van der Waals surface area contributed by atoms with E-state index in [1.54, 1.807) is 6.07 Å². The highest BCUT2D eigenvalue weighted by molar-refractivity contribution is 5.81. The van der Waals surface area contributed by atoms with Crippen LogP contribution in [0.2, 0.25) is 0 Å². The first-order valence-electron chi connectivity index (χ1n) is 6.61. The summed E-state index contributed by atoms with van der Waals surface area (Å²) in [7, 11) is 0. The molecule has 0 saturated carbocycles. The fourth-order valence-electron chi connectivity index (χ4n) is 1.93. The third kappa shape index (κ3) is 3.49. The number of aromatic nitrogens is 1. The average molecular weight is 264 g/mol. The number of hydrogen-bond donors (Lipinski definition) is 2. The molecule has 0 atom stereocenters. The van der Waals surface area contributed by atoms with Crippen molar-refractivity contribution in [3.63, 3.8) is 0 Å². The largest absolute Gasteiger partial charge is 0.476 e. The van der Waals surface area contributed by atoms with Crippen LogP contribution in [0, 0.1) is 0 Å². The predicted molar refractivity (Wildman–Crippen MR) is 74.3 cm³/mol. The van der Waals surface area contributed by atoms with Gasteiger partial charge in [0.15, 0.2) is 0 Å². The highest BCUT2D eigenvalue weighted by Gasteiger charge is 2.17. The lowest BCUT2D eigenvalue weighted by Gasteiger charge is -2.21. The van der Waals surface area contributed by atoms with Gasteiger partial charge >= 0.3 is 0 Å². The second-order valence-electron chi connectivity index (χ2n) is 4.54. The summed E-state index contributed by atoms with van der Waals surface area (Å²) in [5.74, 6) is 1.20. The Bertz CT molecular complexity index is 450. The number of ether oxygens (including phenoxy) is 1. The zero-order valence-electron chi connectivity index (χ0n) is 11.2. The molecule has 0 bridgehead atoms. The molecule has 1 aromatic rings. The third-order valence-corrected chi connectivity index (χ3v) is 2.90. The lowest BCUT2D eigenvalue weighted by Crippen LogP contribution is -2.33. The summed E-state index contributed by atoms with van der Waals surface area (Å²) >= 11 is 0. The van der Waals surface area contributed by atoms with Crippen molar-refractivity contribution >= 4 is 17.4 Å². The van der Waals surface area contributed by atoms with Gasteiger partial charge in [-0.05, 0) is 25.0 Å². The zero-order chi connectivity index (χ0) is 13.7. The molecule has 6 nitrogen and oxygen atoms in total. The van der Waals surface area contributed by atoms with E-state index >= 15 is 0 Å². The molecule has 0 spiro atoms.